The van der Waals surface area contributed by atoms with Crippen molar-refractivity contribution in [3.63, 3.8) is 0 Å². The van der Waals surface area contributed by atoms with Crippen LogP contribution in [0.25, 0.3) is 22.4 Å². The molecule has 3 nitrogen and oxygen atoms in total. The first-order valence-electron chi connectivity index (χ1n) is 14.6. The van der Waals surface area contributed by atoms with Crippen LogP contribution in [0, 0.1) is 11.6 Å². The molecule has 0 amide bonds. The molecule has 1 atom stereocenters. The van der Waals surface area contributed by atoms with Crippen LogP contribution in [0.5, 0.6) is 0 Å². The molecule has 0 spiro atoms. The maximum Gasteiger partial charge on any atom is 0.123 e. The van der Waals surface area contributed by atoms with Gasteiger partial charge in [-0.25, -0.2) is 13.8 Å². The van der Waals surface area contributed by atoms with E-state index in [1.807, 2.05) is 12.1 Å². The van der Waals surface area contributed by atoms with E-state index in [1.165, 1.54) is 35.4 Å². The number of aliphatic imine (C=N–C) groups is 1. The Labute approximate surface area is 244 Å². The van der Waals surface area contributed by atoms with Gasteiger partial charge in [0.05, 0.1) is 22.8 Å². The maximum absolute atomic E-state index is 14.0. The smallest absolute Gasteiger partial charge is 0.123 e. The van der Waals surface area contributed by atoms with Crippen LogP contribution in [-0.2, 0) is 12.0 Å². The van der Waals surface area contributed by atoms with Crippen molar-refractivity contribution in [2.75, 3.05) is 0 Å². The molecule has 0 bridgehead atoms. The van der Waals surface area contributed by atoms with Gasteiger partial charge in [-0.1, -0.05) is 66.7 Å². The third kappa shape index (κ3) is 4.94. The number of aromatic nitrogens is 1. The third-order valence-electron chi connectivity index (χ3n) is 8.80. The summed E-state index contributed by atoms with van der Waals surface area (Å²) in [7, 11) is 0. The molecule has 1 aliphatic carbocycles. The van der Waals surface area contributed by atoms with Crippen molar-refractivity contribution in [3.05, 3.63) is 143 Å². The summed E-state index contributed by atoms with van der Waals surface area (Å²) < 4.78 is 27.7. The van der Waals surface area contributed by atoms with Gasteiger partial charge in [0.15, 0.2) is 0 Å². The molecular weight excluding hydrogens is 524 g/mol. The van der Waals surface area contributed by atoms with Crippen molar-refractivity contribution in [1.29, 1.82) is 0 Å². The fourth-order valence-corrected chi connectivity index (χ4v) is 6.22. The van der Waals surface area contributed by atoms with Crippen LogP contribution < -0.4 is 5.73 Å². The molecular formula is C37H31F2N3. The van der Waals surface area contributed by atoms with Crippen LogP contribution in [-0.4, -0.2) is 10.7 Å². The molecule has 1 fully saturated rings. The topological polar surface area (TPSA) is 51.3 Å². The van der Waals surface area contributed by atoms with Gasteiger partial charge in [-0.2, -0.15) is 0 Å². The fraction of sp³-hybridized carbons (Fsp3) is 0.189. The summed E-state index contributed by atoms with van der Waals surface area (Å²) in [4.78, 5) is 10.5. The summed E-state index contributed by atoms with van der Waals surface area (Å²) >= 11 is 0. The van der Waals surface area contributed by atoms with E-state index in [0.717, 1.165) is 70.7 Å². The van der Waals surface area contributed by atoms with Crippen molar-refractivity contribution >= 4 is 11.4 Å². The Balaban J connectivity index is 1.42. The Morgan fingerprint density at radius 2 is 1.33 bits per heavy atom. The number of hydrogen-bond acceptors (Lipinski definition) is 3. The van der Waals surface area contributed by atoms with E-state index in [-0.39, 0.29) is 23.1 Å². The lowest BCUT2D eigenvalue weighted by Crippen LogP contribution is -2.43. The zero-order chi connectivity index (χ0) is 28.7. The second kappa shape index (κ2) is 10.7. The van der Waals surface area contributed by atoms with E-state index in [1.54, 1.807) is 24.3 Å². The summed E-state index contributed by atoms with van der Waals surface area (Å²) in [6.45, 7) is 0. The van der Waals surface area contributed by atoms with Crippen LogP contribution in [0.4, 0.5) is 14.5 Å². The number of hydrogen-bond donors (Lipinski definition) is 1. The Kier molecular flexibility index (Phi) is 6.75. The molecule has 2 N–H and O–H groups in total. The van der Waals surface area contributed by atoms with Gasteiger partial charge in [0.1, 0.15) is 11.6 Å². The van der Waals surface area contributed by atoms with Gasteiger partial charge in [0.25, 0.3) is 0 Å². The molecule has 2 heterocycles. The second-order valence-electron chi connectivity index (χ2n) is 11.5. The molecule has 1 saturated carbocycles. The quantitative estimate of drug-likeness (QED) is 0.235. The molecule has 4 aromatic carbocycles. The fourth-order valence-electron chi connectivity index (χ4n) is 6.22. The number of benzene rings is 4. The second-order valence-corrected chi connectivity index (χ2v) is 11.5. The summed E-state index contributed by atoms with van der Waals surface area (Å²) in [5.74, 6) is -0.538. The van der Waals surface area contributed by atoms with E-state index >= 15 is 0 Å². The van der Waals surface area contributed by atoms with Gasteiger partial charge in [0.2, 0.25) is 0 Å². The van der Waals surface area contributed by atoms with Crippen LogP contribution >= 0.6 is 0 Å². The monoisotopic (exact) mass is 555 g/mol. The lowest BCUT2D eigenvalue weighted by molar-refractivity contribution is 0.253. The molecule has 5 aromatic rings. The average molecular weight is 556 g/mol. The van der Waals surface area contributed by atoms with Crippen LogP contribution in [0.3, 0.4) is 0 Å². The van der Waals surface area contributed by atoms with E-state index in [9.17, 15) is 8.78 Å². The molecule has 0 radical (unpaired) electrons. The Morgan fingerprint density at radius 3 is 1.95 bits per heavy atom. The van der Waals surface area contributed by atoms with Crippen molar-refractivity contribution in [2.24, 2.45) is 10.7 Å². The van der Waals surface area contributed by atoms with Crippen LogP contribution in [0.15, 0.2) is 114 Å². The first-order chi connectivity index (χ1) is 20.5. The zero-order valence-corrected chi connectivity index (χ0v) is 23.2. The van der Waals surface area contributed by atoms with Gasteiger partial charge < -0.3 is 5.73 Å². The third-order valence-corrected chi connectivity index (χ3v) is 8.80. The normalized spacial score (nSPS) is 17.5. The number of nitrogens with zero attached hydrogens (tertiary/aromatic N) is 2. The SMILES string of the molecule is NC1(c2ccc(C3=Nc4c(-c5ccc(F)cc5)cc(-c5ccc(F)cc5)nc4CCC3c3ccccc3)cc2)CCC1. The first-order valence-corrected chi connectivity index (χ1v) is 14.6. The van der Waals surface area contributed by atoms with Gasteiger partial charge >= 0.3 is 0 Å². The van der Waals surface area contributed by atoms with Crippen molar-refractivity contribution in [2.45, 2.75) is 43.6 Å². The highest BCUT2D eigenvalue weighted by atomic mass is 19.1. The number of aryl methyl sites for hydroxylation is 1. The minimum Gasteiger partial charge on any atom is -0.321 e. The molecule has 1 aliphatic heterocycles. The molecule has 1 unspecified atom stereocenters. The maximum atomic E-state index is 14.0. The van der Waals surface area contributed by atoms with E-state index in [0.29, 0.717) is 6.42 Å². The van der Waals surface area contributed by atoms with Crippen molar-refractivity contribution in [3.8, 4) is 22.4 Å². The van der Waals surface area contributed by atoms with Gasteiger partial charge in [-0.15, -0.1) is 0 Å². The summed E-state index contributed by atoms with van der Waals surface area (Å²) in [6.07, 6.45) is 4.71. The largest absolute Gasteiger partial charge is 0.321 e. The minimum absolute atomic E-state index is 0.0529. The molecule has 5 heteroatoms. The molecule has 42 heavy (non-hydrogen) atoms. The van der Waals surface area contributed by atoms with Gasteiger partial charge in [0, 0.05) is 22.6 Å². The summed E-state index contributed by atoms with van der Waals surface area (Å²) in [6, 6.07) is 34.0. The molecule has 7 rings (SSSR count). The summed E-state index contributed by atoms with van der Waals surface area (Å²) in [5.41, 5.74) is 15.7. The van der Waals surface area contributed by atoms with Crippen molar-refractivity contribution in [1.82, 2.24) is 4.98 Å². The lowest BCUT2D eigenvalue weighted by Gasteiger charge is -2.38. The highest BCUT2D eigenvalue weighted by molar-refractivity contribution is 6.08. The number of pyridine rings is 1. The number of fused-ring (bicyclic) bond motifs is 1. The number of nitrogens with two attached hydrogens (primary N) is 1. The summed E-state index contributed by atoms with van der Waals surface area (Å²) in [5, 5.41) is 0. The van der Waals surface area contributed by atoms with Gasteiger partial charge in [-0.05, 0) is 96.8 Å². The van der Waals surface area contributed by atoms with Crippen LogP contribution in [0.2, 0.25) is 0 Å². The molecule has 208 valence electrons. The zero-order valence-electron chi connectivity index (χ0n) is 23.2. The highest BCUT2D eigenvalue weighted by Gasteiger charge is 2.34. The predicted octanol–water partition coefficient (Wildman–Crippen LogP) is 8.88. The minimum atomic E-state index is -0.296. The number of rotatable bonds is 5. The van der Waals surface area contributed by atoms with E-state index < -0.39 is 0 Å². The molecule has 2 aliphatic rings. The first kappa shape index (κ1) is 26.4. The van der Waals surface area contributed by atoms with E-state index in [2.05, 4.69) is 48.5 Å². The molecule has 1 aromatic heterocycles. The molecule has 0 saturated heterocycles. The standard InChI is InChI=1S/C37H31F2N3/c38-29-15-9-25(10-16-29)32-23-34(26-11-17-30(39)18-12-26)41-33-20-19-31(24-5-2-1-3-6-24)35(42-36(32)33)27-7-13-28(14-8-27)37(40)21-4-22-37/h1-3,5-18,23,31H,4,19-22,40H2. The predicted molar refractivity (Wildman–Crippen MR) is 165 cm³/mol. The van der Waals surface area contributed by atoms with Crippen molar-refractivity contribution < 1.29 is 8.78 Å². The Morgan fingerprint density at radius 1 is 0.714 bits per heavy atom. The van der Waals surface area contributed by atoms with Gasteiger partial charge in [-0.3, -0.25) is 4.98 Å². The van der Waals surface area contributed by atoms with Crippen LogP contribution in [0.1, 0.15) is 54.0 Å². The highest BCUT2D eigenvalue weighted by Crippen LogP contribution is 2.43. The van der Waals surface area contributed by atoms with E-state index in [4.69, 9.17) is 15.7 Å². The number of halogens is 2. The average Bonchev–Trinajstić information content (AvgIpc) is 3.21. The lowest BCUT2D eigenvalue weighted by atomic mass is 9.72. The Hall–Kier alpha value is -4.48. The Bertz CT molecular complexity index is 1760.